The summed E-state index contributed by atoms with van der Waals surface area (Å²) >= 11 is 0. The second-order valence-corrected chi connectivity index (χ2v) is 8.32. The molecule has 164 valence electrons. The number of aromatic nitrogens is 5. The third-order valence-corrected chi connectivity index (χ3v) is 6.41. The third kappa shape index (κ3) is 3.74. The van der Waals surface area contributed by atoms with Gasteiger partial charge < -0.3 is 4.57 Å². The van der Waals surface area contributed by atoms with Gasteiger partial charge in [-0.05, 0) is 59.4 Å². The number of tetrazole rings is 1. The molecule has 0 fully saturated rings. The van der Waals surface area contributed by atoms with E-state index < -0.39 is 0 Å². The fourth-order valence-electron chi connectivity index (χ4n) is 4.35. The van der Waals surface area contributed by atoms with Crippen LogP contribution < -0.4 is 5.56 Å². The fourth-order valence-corrected chi connectivity index (χ4v) is 4.35. The number of nitrogens with one attached hydrogen (secondary N) is 1. The summed E-state index contributed by atoms with van der Waals surface area (Å²) in [5.41, 5.74) is 8.24. The zero-order valence-corrected chi connectivity index (χ0v) is 19.0. The highest BCUT2D eigenvalue weighted by Crippen LogP contribution is 2.30. The molecule has 0 spiro atoms. The van der Waals surface area contributed by atoms with Crippen LogP contribution >= 0.6 is 0 Å². The van der Waals surface area contributed by atoms with E-state index in [-0.39, 0.29) is 5.56 Å². The number of aromatic amines is 1. The average Bonchev–Trinajstić information content (AvgIpc) is 3.40. The van der Waals surface area contributed by atoms with E-state index in [9.17, 15) is 4.79 Å². The number of rotatable bonds is 5. The number of fused-ring (bicyclic) bond motifs is 1. The largest absolute Gasteiger partial charge is 0.304 e. The Labute approximate surface area is 191 Å². The number of hydrogen-bond acceptors (Lipinski definition) is 4. The molecular weight excluding hydrogens is 410 g/mol. The molecule has 6 heteroatoms. The van der Waals surface area contributed by atoms with Crippen molar-refractivity contribution in [2.45, 2.75) is 33.7 Å². The molecule has 0 aliphatic carbocycles. The molecule has 6 nitrogen and oxygen atoms in total. The summed E-state index contributed by atoms with van der Waals surface area (Å²) in [6, 6.07) is 22.8. The summed E-state index contributed by atoms with van der Waals surface area (Å²) in [5, 5.41) is 15.6. The minimum atomic E-state index is 0.0692. The van der Waals surface area contributed by atoms with Gasteiger partial charge in [0.1, 0.15) is 0 Å². The van der Waals surface area contributed by atoms with Crippen LogP contribution in [0.4, 0.5) is 0 Å². The molecule has 2 heterocycles. The van der Waals surface area contributed by atoms with E-state index in [2.05, 4.69) is 70.0 Å². The first-order valence-corrected chi connectivity index (χ1v) is 11.1. The predicted molar refractivity (Wildman–Crippen MR) is 131 cm³/mol. The number of pyridine rings is 1. The quantitative estimate of drug-likeness (QED) is 0.418. The number of hydrogen-bond donors (Lipinski definition) is 1. The highest BCUT2D eigenvalue weighted by molar-refractivity contribution is 5.84. The number of nitrogens with zero attached hydrogens (tertiary/aromatic N) is 4. The van der Waals surface area contributed by atoms with Crippen LogP contribution in [0.15, 0.2) is 71.5 Å². The molecule has 0 aliphatic rings. The van der Waals surface area contributed by atoms with Crippen molar-refractivity contribution >= 4 is 10.9 Å². The van der Waals surface area contributed by atoms with E-state index in [0.717, 1.165) is 50.7 Å². The second kappa shape index (κ2) is 8.47. The van der Waals surface area contributed by atoms with Crippen LogP contribution in [-0.4, -0.2) is 25.2 Å². The van der Waals surface area contributed by atoms with Crippen molar-refractivity contribution in [1.29, 1.82) is 0 Å². The maximum Gasteiger partial charge on any atom is 0.254 e. The van der Waals surface area contributed by atoms with Crippen LogP contribution in [0.5, 0.6) is 0 Å². The Kier molecular flexibility index (Phi) is 5.34. The maximum absolute atomic E-state index is 13.2. The Hall–Kier alpha value is -4.06. The SMILES string of the molecule is CCc1ccc2c(C)c(C)c(=O)n(Cc3ccc(-c4ccccc4-c4nn[nH]n4)cc3)c2c1. The highest BCUT2D eigenvalue weighted by Gasteiger charge is 2.13. The van der Waals surface area contributed by atoms with Crippen molar-refractivity contribution in [1.82, 2.24) is 25.2 Å². The van der Waals surface area contributed by atoms with Gasteiger partial charge in [0.2, 0.25) is 5.82 Å². The summed E-state index contributed by atoms with van der Waals surface area (Å²) in [7, 11) is 0. The minimum absolute atomic E-state index is 0.0692. The fraction of sp³-hybridized carbons (Fsp3) is 0.185. The van der Waals surface area contributed by atoms with Crippen molar-refractivity contribution in [3.8, 4) is 22.5 Å². The van der Waals surface area contributed by atoms with E-state index in [4.69, 9.17) is 0 Å². The molecule has 0 aliphatic heterocycles. The van der Waals surface area contributed by atoms with Crippen LogP contribution in [0.3, 0.4) is 0 Å². The molecule has 1 N–H and O–H groups in total. The van der Waals surface area contributed by atoms with Gasteiger partial charge in [0.05, 0.1) is 12.1 Å². The Morgan fingerprint density at radius 2 is 1.61 bits per heavy atom. The molecule has 0 unspecified atom stereocenters. The zero-order chi connectivity index (χ0) is 22.9. The molecule has 0 radical (unpaired) electrons. The van der Waals surface area contributed by atoms with Gasteiger partial charge in [-0.25, -0.2) is 0 Å². The van der Waals surface area contributed by atoms with Crippen molar-refractivity contribution in [2.24, 2.45) is 0 Å². The van der Waals surface area contributed by atoms with Crippen LogP contribution in [0.25, 0.3) is 33.4 Å². The third-order valence-electron chi connectivity index (χ3n) is 6.41. The molecule has 0 bridgehead atoms. The zero-order valence-electron chi connectivity index (χ0n) is 19.0. The van der Waals surface area contributed by atoms with Crippen molar-refractivity contribution in [3.63, 3.8) is 0 Å². The molecule has 0 saturated carbocycles. The van der Waals surface area contributed by atoms with Gasteiger partial charge in [0.25, 0.3) is 5.56 Å². The van der Waals surface area contributed by atoms with E-state index in [1.807, 2.05) is 42.7 Å². The smallest absolute Gasteiger partial charge is 0.254 e. The first kappa shape index (κ1) is 20.8. The highest BCUT2D eigenvalue weighted by atomic mass is 16.1. The van der Waals surface area contributed by atoms with E-state index >= 15 is 0 Å². The molecule has 2 aromatic heterocycles. The van der Waals surface area contributed by atoms with E-state index in [1.165, 1.54) is 5.56 Å². The molecule has 33 heavy (non-hydrogen) atoms. The lowest BCUT2D eigenvalue weighted by Crippen LogP contribution is -2.24. The summed E-state index contributed by atoms with van der Waals surface area (Å²) in [6.45, 7) is 6.61. The predicted octanol–water partition coefficient (Wildman–Crippen LogP) is 5.08. The monoisotopic (exact) mass is 435 g/mol. The first-order valence-electron chi connectivity index (χ1n) is 11.1. The summed E-state index contributed by atoms with van der Waals surface area (Å²) in [5.74, 6) is 0.564. The topological polar surface area (TPSA) is 76.5 Å². The lowest BCUT2D eigenvalue weighted by molar-refractivity contribution is 0.784. The molecular formula is C27H25N5O. The van der Waals surface area contributed by atoms with E-state index in [0.29, 0.717) is 12.4 Å². The van der Waals surface area contributed by atoms with Crippen molar-refractivity contribution < 1.29 is 0 Å². The molecule has 3 aromatic carbocycles. The number of benzene rings is 3. The van der Waals surface area contributed by atoms with Gasteiger partial charge >= 0.3 is 0 Å². The summed E-state index contributed by atoms with van der Waals surface area (Å²) < 4.78 is 1.90. The van der Waals surface area contributed by atoms with Crippen LogP contribution in [0.2, 0.25) is 0 Å². The lowest BCUT2D eigenvalue weighted by atomic mass is 9.98. The Bertz CT molecular complexity index is 1500. The standard InChI is InChI=1S/C27H25N5O/c1-4-19-11-14-22-17(2)18(3)27(33)32(25(22)15-19)16-20-9-12-21(13-10-20)23-7-5-6-8-24(23)26-28-30-31-29-26/h5-15H,4,16H2,1-3H3,(H,28,29,30,31). The van der Waals surface area contributed by atoms with Crippen LogP contribution in [0.1, 0.15) is 29.2 Å². The average molecular weight is 436 g/mol. The molecule has 5 rings (SSSR count). The number of H-pyrrole nitrogens is 1. The molecule has 0 amide bonds. The molecule has 0 saturated heterocycles. The van der Waals surface area contributed by atoms with Crippen LogP contribution in [-0.2, 0) is 13.0 Å². The molecule has 0 atom stereocenters. The van der Waals surface area contributed by atoms with E-state index in [1.54, 1.807) is 0 Å². The van der Waals surface area contributed by atoms with Gasteiger partial charge in [0.15, 0.2) is 0 Å². The van der Waals surface area contributed by atoms with Gasteiger partial charge in [-0.1, -0.05) is 67.6 Å². The number of aryl methyl sites for hydroxylation is 2. The summed E-state index contributed by atoms with van der Waals surface area (Å²) in [6.07, 6.45) is 0.936. The second-order valence-electron chi connectivity index (χ2n) is 8.32. The van der Waals surface area contributed by atoms with Crippen molar-refractivity contribution in [2.75, 3.05) is 0 Å². The van der Waals surface area contributed by atoms with Gasteiger partial charge in [-0.3, -0.25) is 4.79 Å². The Balaban J connectivity index is 1.55. The van der Waals surface area contributed by atoms with Gasteiger partial charge in [-0.2, -0.15) is 5.21 Å². The maximum atomic E-state index is 13.2. The van der Waals surface area contributed by atoms with Gasteiger partial charge in [-0.15, -0.1) is 10.2 Å². The lowest BCUT2D eigenvalue weighted by Gasteiger charge is -2.16. The Morgan fingerprint density at radius 1 is 0.879 bits per heavy atom. The van der Waals surface area contributed by atoms with Crippen LogP contribution in [0, 0.1) is 13.8 Å². The normalized spacial score (nSPS) is 11.2. The first-order chi connectivity index (χ1) is 16.1. The van der Waals surface area contributed by atoms with Gasteiger partial charge in [0, 0.05) is 16.5 Å². The Morgan fingerprint density at radius 3 is 2.30 bits per heavy atom. The minimum Gasteiger partial charge on any atom is -0.304 e. The molecule has 5 aromatic rings. The van der Waals surface area contributed by atoms with Crippen molar-refractivity contribution in [3.05, 3.63) is 99.3 Å². The summed E-state index contributed by atoms with van der Waals surface area (Å²) in [4.78, 5) is 13.2.